The first-order valence-corrected chi connectivity index (χ1v) is 9.93. The summed E-state index contributed by atoms with van der Waals surface area (Å²) in [4.78, 5) is 29.5. The molecule has 3 rings (SSSR count). The van der Waals surface area contributed by atoms with E-state index < -0.39 is 11.7 Å². The van der Waals surface area contributed by atoms with Crippen molar-refractivity contribution in [1.82, 2.24) is 9.80 Å². The van der Waals surface area contributed by atoms with Gasteiger partial charge in [0.2, 0.25) is 5.91 Å². The molecule has 0 radical (unpaired) electrons. The highest BCUT2D eigenvalue weighted by molar-refractivity contribution is 5.93. The molecular weight excluding hydrogens is 358 g/mol. The number of rotatable bonds is 3. The van der Waals surface area contributed by atoms with Crippen LogP contribution in [-0.4, -0.2) is 71.8 Å². The second-order valence-corrected chi connectivity index (χ2v) is 8.59. The van der Waals surface area contributed by atoms with Crippen LogP contribution >= 0.6 is 0 Å². The van der Waals surface area contributed by atoms with Crippen LogP contribution in [0.25, 0.3) is 0 Å². The van der Waals surface area contributed by atoms with Gasteiger partial charge in [0.05, 0.1) is 6.10 Å². The number of nitrogens with zero attached hydrogens (tertiary/aromatic N) is 3. The van der Waals surface area contributed by atoms with E-state index in [9.17, 15) is 14.7 Å². The summed E-state index contributed by atoms with van der Waals surface area (Å²) >= 11 is 0. The maximum absolute atomic E-state index is 12.2. The van der Waals surface area contributed by atoms with Crippen LogP contribution in [0.5, 0.6) is 0 Å². The Labute approximate surface area is 166 Å². The number of hydrogen-bond donors (Lipinski definition) is 1. The van der Waals surface area contributed by atoms with E-state index in [1.54, 1.807) is 16.7 Å². The summed E-state index contributed by atoms with van der Waals surface area (Å²) < 4.78 is 5.42. The molecule has 28 heavy (non-hydrogen) atoms. The molecule has 0 aliphatic carbocycles. The molecule has 2 heterocycles. The minimum absolute atomic E-state index is 0.0508. The molecule has 7 nitrogen and oxygen atoms in total. The quantitative estimate of drug-likeness (QED) is 0.858. The van der Waals surface area contributed by atoms with Crippen LogP contribution in [0.15, 0.2) is 18.2 Å². The molecule has 1 atom stereocenters. The Bertz CT molecular complexity index is 736. The van der Waals surface area contributed by atoms with Crippen LogP contribution in [0, 0.1) is 0 Å². The van der Waals surface area contributed by atoms with Gasteiger partial charge in [0.15, 0.2) is 0 Å². The van der Waals surface area contributed by atoms with Crippen LogP contribution < -0.4 is 4.90 Å². The molecule has 0 saturated carbocycles. The fraction of sp³-hybridized carbons (Fsp3) is 0.619. The van der Waals surface area contributed by atoms with E-state index in [1.807, 2.05) is 39.0 Å². The summed E-state index contributed by atoms with van der Waals surface area (Å²) in [7, 11) is 0. The van der Waals surface area contributed by atoms with Crippen LogP contribution in [-0.2, 0) is 16.0 Å². The molecule has 2 aliphatic rings. The van der Waals surface area contributed by atoms with Crippen molar-refractivity contribution in [2.24, 2.45) is 0 Å². The summed E-state index contributed by atoms with van der Waals surface area (Å²) in [5, 5.41) is 10.7. The Morgan fingerprint density at radius 3 is 2.43 bits per heavy atom. The SMILES string of the molecule is CC(=O)N1CCc2cc([C@@H](O)CN3CCN(C(=O)OC(C)(C)C)CC3)ccc21. The maximum Gasteiger partial charge on any atom is 0.410 e. The minimum Gasteiger partial charge on any atom is -0.444 e. The number of anilines is 1. The molecule has 7 heteroatoms. The number of aliphatic hydroxyl groups excluding tert-OH is 1. The molecule has 0 bridgehead atoms. The highest BCUT2D eigenvalue weighted by Gasteiger charge is 2.27. The first-order chi connectivity index (χ1) is 13.1. The van der Waals surface area contributed by atoms with Crippen molar-refractivity contribution in [3.05, 3.63) is 29.3 Å². The predicted molar refractivity (Wildman–Crippen MR) is 107 cm³/mol. The number of hydrogen-bond acceptors (Lipinski definition) is 5. The number of amides is 2. The van der Waals surface area contributed by atoms with E-state index in [0.29, 0.717) is 39.3 Å². The number of carbonyl (C=O) groups is 2. The van der Waals surface area contributed by atoms with Crippen LogP contribution in [0.3, 0.4) is 0 Å². The smallest absolute Gasteiger partial charge is 0.410 e. The standard InChI is InChI=1S/C21H31N3O4/c1-15(25)24-8-7-16-13-17(5-6-18(16)24)19(26)14-22-9-11-23(12-10-22)20(27)28-21(2,3)4/h5-6,13,19,26H,7-12,14H2,1-4H3/t19-/m0/s1. The van der Waals surface area contributed by atoms with Gasteiger partial charge in [-0.15, -0.1) is 0 Å². The van der Waals surface area contributed by atoms with E-state index in [-0.39, 0.29) is 12.0 Å². The zero-order valence-corrected chi connectivity index (χ0v) is 17.3. The Morgan fingerprint density at radius 1 is 1.14 bits per heavy atom. The zero-order valence-electron chi connectivity index (χ0n) is 17.3. The number of fused-ring (bicyclic) bond motifs is 1. The third-order valence-electron chi connectivity index (χ3n) is 5.22. The van der Waals surface area contributed by atoms with Gasteiger partial charge in [0, 0.05) is 51.9 Å². The molecule has 0 aromatic heterocycles. The third kappa shape index (κ3) is 4.83. The molecule has 0 unspecified atom stereocenters. The largest absolute Gasteiger partial charge is 0.444 e. The summed E-state index contributed by atoms with van der Waals surface area (Å²) in [6.45, 7) is 11.0. The fourth-order valence-electron chi connectivity index (χ4n) is 3.75. The highest BCUT2D eigenvalue weighted by Crippen LogP contribution is 2.31. The van der Waals surface area contributed by atoms with Gasteiger partial charge in [-0.1, -0.05) is 12.1 Å². The molecule has 0 spiro atoms. The molecule has 2 aliphatic heterocycles. The lowest BCUT2D eigenvalue weighted by molar-refractivity contribution is -0.116. The number of aliphatic hydroxyl groups is 1. The lowest BCUT2D eigenvalue weighted by Gasteiger charge is -2.36. The van der Waals surface area contributed by atoms with Crippen molar-refractivity contribution < 1.29 is 19.4 Å². The van der Waals surface area contributed by atoms with Crippen LogP contribution in [0.4, 0.5) is 10.5 Å². The van der Waals surface area contributed by atoms with Crippen molar-refractivity contribution in [1.29, 1.82) is 0 Å². The first-order valence-electron chi connectivity index (χ1n) is 9.93. The van der Waals surface area contributed by atoms with Gasteiger partial charge in [0.25, 0.3) is 0 Å². The number of benzene rings is 1. The van der Waals surface area contributed by atoms with Gasteiger partial charge in [-0.05, 0) is 44.4 Å². The summed E-state index contributed by atoms with van der Waals surface area (Å²) in [6.07, 6.45) is -0.0459. The van der Waals surface area contributed by atoms with Crippen molar-refractivity contribution in [2.75, 3.05) is 44.2 Å². The number of β-amino-alcohol motifs (C(OH)–C–C–N with tert-alkyl or cyclic N) is 1. The Hall–Kier alpha value is -2.12. The average Bonchev–Trinajstić information content (AvgIpc) is 3.04. The average molecular weight is 389 g/mol. The number of ether oxygens (including phenoxy) is 1. The maximum atomic E-state index is 12.2. The fourth-order valence-corrected chi connectivity index (χ4v) is 3.75. The summed E-state index contributed by atoms with van der Waals surface area (Å²) in [5.41, 5.74) is 2.45. The zero-order chi connectivity index (χ0) is 20.5. The Balaban J connectivity index is 1.53. The van der Waals surface area contributed by atoms with Crippen LogP contribution in [0.1, 0.15) is 44.9 Å². The predicted octanol–water partition coefficient (Wildman–Crippen LogP) is 2.18. The van der Waals surface area contributed by atoms with Gasteiger partial charge in [-0.25, -0.2) is 4.79 Å². The number of carbonyl (C=O) groups excluding carboxylic acids is 2. The third-order valence-corrected chi connectivity index (χ3v) is 5.22. The lowest BCUT2D eigenvalue weighted by Crippen LogP contribution is -2.50. The van der Waals surface area contributed by atoms with Gasteiger partial charge in [-0.2, -0.15) is 0 Å². The van der Waals surface area contributed by atoms with Crippen molar-refractivity contribution in [2.45, 2.75) is 45.8 Å². The van der Waals surface area contributed by atoms with Crippen molar-refractivity contribution in [3.8, 4) is 0 Å². The second kappa shape index (κ2) is 8.09. The van der Waals surface area contributed by atoms with Gasteiger partial charge in [-0.3, -0.25) is 9.69 Å². The Morgan fingerprint density at radius 2 is 1.82 bits per heavy atom. The summed E-state index contributed by atoms with van der Waals surface area (Å²) in [6, 6.07) is 5.85. The van der Waals surface area contributed by atoms with E-state index in [1.165, 1.54) is 0 Å². The number of piperazine rings is 1. The van der Waals surface area contributed by atoms with Gasteiger partial charge < -0.3 is 19.6 Å². The van der Waals surface area contributed by atoms with E-state index in [4.69, 9.17) is 4.74 Å². The second-order valence-electron chi connectivity index (χ2n) is 8.59. The van der Waals surface area contributed by atoms with Gasteiger partial charge in [0.1, 0.15) is 5.60 Å². The topological polar surface area (TPSA) is 73.3 Å². The van der Waals surface area contributed by atoms with E-state index in [0.717, 1.165) is 23.2 Å². The molecule has 154 valence electrons. The van der Waals surface area contributed by atoms with Crippen molar-refractivity contribution in [3.63, 3.8) is 0 Å². The minimum atomic E-state index is -0.593. The first kappa shape index (κ1) is 20.6. The van der Waals surface area contributed by atoms with Crippen LogP contribution in [0.2, 0.25) is 0 Å². The van der Waals surface area contributed by atoms with Gasteiger partial charge >= 0.3 is 6.09 Å². The highest BCUT2D eigenvalue weighted by atomic mass is 16.6. The molecule has 1 fully saturated rings. The van der Waals surface area contributed by atoms with Crippen molar-refractivity contribution >= 4 is 17.7 Å². The molecule has 1 aromatic carbocycles. The molecule has 1 aromatic rings. The summed E-state index contributed by atoms with van der Waals surface area (Å²) in [5.74, 6) is 0.0508. The molecule has 2 amide bonds. The Kier molecular flexibility index (Phi) is 5.95. The van der Waals surface area contributed by atoms with E-state index >= 15 is 0 Å². The molecule has 1 saturated heterocycles. The van der Waals surface area contributed by atoms with E-state index in [2.05, 4.69) is 4.90 Å². The monoisotopic (exact) mass is 389 g/mol. The lowest BCUT2D eigenvalue weighted by atomic mass is 10.0. The normalized spacial score (nSPS) is 18.8. The molecule has 1 N–H and O–H groups in total. The molecular formula is C21H31N3O4.